The van der Waals surface area contributed by atoms with Gasteiger partial charge in [0.1, 0.15) is 12.4 Å². The van der Waals surface area contributed by atoms with Crippen LogP contribution in [0.15, 0.2) is 102 Å². The minimum absolute atomic E-state index is 0.210. The van der Waals surface area contributed by atoms with Gasteiger partial charge in [0.15, 0.2) is 9.84 Å². The lowest BCUT2D eigenvalue weighted by Gasteiger charge is -2.21. The van der Waals surface area contributed by atoms with Crippen molar-refractivity contribution < 1.29 is 21.6 Å². The summed E-state index contributed by atoms with van der Waals surface area (Å²) in [6.07, 6.45) is 7.63. The number of sulfone groups is 1. The minimum atomic E-state index is -3.99. The van der Waals surface area contributed by atoms with Gasteiger partial charge in [-0.3, -0.25) is 4.79 Å². The van der Waals surface area contributed by atoms with E-state index in [9.17, 15) is 21.6 Å². The van der Waals surface area contributed by atoms with Crippen molar-refractivity contribution in [3.8, 4) is 28.1 Å². The van der Waals surface area contributed by atoms with Gasteiger partial charge in [0.2, 0.25) is 0 Å². The molecule has 0 radical (unpaired) electrons. The number of carbonyl (C=O) groups excluding carboxylic acids is 1. The topological polar surface area (TPSA) is 118 Å². The quantitative estimate of drug-likeness (QED) is 0.166. The van der Waals surface area contributed by atoms with Crippen molar-refractivity contribution >= 4 is 54.8 Å². The van der Waals surface area contributed by atoms with Crippen LogP contribution in [0.1, 0.15) is 43.5 Å². The fraction of sp³-hybridized carbons (Fsp3) is 0.243. The highest BCUT2D eigenvalue weighted by Gasteiger charge is 2.34. The van der Waals surface area contributed by atoms with Crippen molar-refractivity contribution in [2.45, 2.75) is 43.4 Å². The van der Waals surface area contributed by atoms with E-state index in [2.05, 4.69) is 0 Å². The molecule has 1 N–H and O–H groups in total. The molecule has 13 heteroatoms. The van der Waals surface area contributed by atoms with Crippen molar-refractivity contribution in [2.75, 3.05) is 16.6 Å². The number of rotatable bonds is 9. The number of hydrogen-bond acceptors (Lipinski definition) is 6. The summed E-state index contributed by atoms with van der Waals surface area (Å²) in [7, 11) is -7.33. The lowest BCUT2D eigenvalue weighted by molar-refractivity contribution is -0.117. The first-order valence-corrected chi connectivity index (χ1v) is 20.2. The normalized spacial score (nSPS) is 16.4. The van der Waals surface area contributed by atoms with E-state index in [1.807, 2.05) is 58.0 Å². The first kappa shape index (κ1) is 34.3. The summed E-state index contributed by atoms with van der Waals surface area (Å²) in [5.74, 6) is 0.518. The molecule has 1 saturated carbocycles. The standard InChI is InChI=1S/C37H34Cl2N4O5S2/c38-29-15-18-33(34(39)20-29)35-22-42(30-7-4-8-31(21-30)43-23-37(44)41-50(43,47)48)36(40-35)19-25-9-11-27(12-10-25)28-13-16-32(17-14-28)49(45,46)24-26-5-2-1-3-6-26/h4,7-18,20-22,26H,1-3,5-6,19,23-24H2,(H,41,44). The number of imidazole rings is 1. The van der Waals surface area contributed by atoms with E-state index in [-0.39, 0.29) is 18.2 Å². The zero-order chi connectivity index (χ0) is 35.0. The van der Waals surface area contributed by atoms with Crippen molar-refractivity contribution in [1.82, 2.24) is 14.3 Å². The third kappa shape index (κ3) is 7.32. The lowest BCUT2D eigenvalue weighted by Crippen LogP contribution is -2.29. The van der Waals surface area contributed by atoms with Gasteiger partial charge >= 0.3 is 10.2 Å². The predicted molar refractivity (Wildman–Crippen MR) is 197 cm³/mol. The highest BCUT2D eigenvalue weighted by molar-refractivity contribution is 7.92. The first-order chi connectivity index (χ1) is 23.9. The van der Waals surface area contributed by atoms with Gasteiger partial charge in [-0.15, -0.1) is 0 Å². The highest BCUT2D eigenvalue weighted by Crippen LogP contribution is 2.33. The Hall–Kier alpha value is -4.16. The number of hydrogen-bond donors (Lipinski definition) is 1. The van der Waals surface area contributed by atoms with Gasteiger partial charge in [-0.2, -0.15) is 8.42 Å². The molecule has 0 spiro atoms. The molecule has 2 aliphatic rings. The number of benzene rings is 4. The Morgan fingerprint density at radius 3 is 2.18 bits per heavy atom. The second kappa shape index (κ2) is 13.9. The molecule has 50 heavy (non-hydrogen) atoms. The van der Waals surface area contributed by atoms with Crippen LogP contribution in [0.25, 0.3) is 28.1 Å². The average Bonchev–Trinajstić information content (AvgIpc) is 3.63. The summed E-state index contributed by atoms with van der Waals surface area (Å²) in [6, 6.07) is 27.2. The number of aromatic nitrogens is 2. The van der Waals surface area contributed by atoms with Gasteiger partial charge < -0.3 is 4.57 Å². The number of nitrogens with zero attached hydrogens (tertiary/aromatic N) is 3. The third-order valence-corrected chi connectivity index (χ3v) is 13.1. The van der Waals surface area contributed by atoms with Crippen LogP contribution >= 0.6 is 23.2 Å². The molecular weight excluding hydrogens is 715 g/mol. The Morgan fingerprint density at radius 2 is 1.52 bits per heavy atom. The summed E-state index contributed by atoms with van der Waals surface area (Å²) >= 11 is 12.7. The third-order valence-electron chi connectivity index (χ3n) is 9.24. The number of halogens is 2. The molecule has 1 amide bonds. The largest absolute Gasteiger partial charge is 0.326 e. The monoisotopic (exact) mass is 748 g/mol. The SMILES string of the molecule is O=C1CN(c2cccc(-n3cc(-c4ccc(Cl)cc4Cl)nc3Cc3ccc(-c4ccc(S(=O)(=O)CC5CCCCC5)cc4)cc3)c2)S(=O)(=O)N1. The van der Waals surface area contributed by atoms with E-state index in [0.29, 0.717) is 49.8 Å². The molecule has 2 fully saturated rings. The van der Waals surface area contributed by atoms with Gasteiger partial charge in [0.05, 0.1) is 27.1 Å². The van der Waals surface area contributed by atoms with Crippen LogP contribution in [0, 0.1) is 5.92 Å². The summed E-state index contributed by atoms with van der Waals surface area (Å²) < 4.78 is 56.2. The van der Waals surface area contributed by atoms with Crippen LogP contribution in [0.3, 0.4) is 0 Å². The molecule has 1 aliphatic carbocycles. The van der Waals surface area contributed by atoms with E-state index >= 15 is 0 Å². The van der Waals surface area contributed by atoms with E-state index in [4.69, 9.17) is 28.2 Å². The molecule has 9 nitrogen and oxygen atoms in total. The van der Waals surface area contributed by atoms with Crippen LogP contribution in [0.2, 0.25) is 10.0 Å². The second-order valence-corrected chi connectivity index (χ2v) is 17.2. The minimum Gasteiger partial charge on any atom is -0.303 e. The van der Waals surface area contributed by atoms with Crippen LogP contribution in [0.4, 0.5) is 5.69 Å². The summed E-state index contributed by atoms with van der Waals surface area (Å²) in [6.45, 7) is -0.306. The van der Waals surface area contributed by atoms with E-state index in [1.54, 1.807) is 48.5 Å². The molecule has 0 unspecified atom stereocenters. The fourth-order valence-electron chi connectivity index (χ4n) is 6.68. The Morgan fingerprint density at radius 1 is 0.840 bits per heavy atom. The van der Waals surface area contributed by atoms with Crippen molar-refractivity contribution in [2.24, 2.45) is 5.92 Å². The molecule has 1 saturated heterocycles. The van der Waals surface area contributed by atoms with Crippen LogP contribution in [-0.2, 0) is 31.3 Å². The molecule has 7 rings (SSSR count). The van der Waals surface area contributed by atoms with E-state index < -0.39 is 26.0 Å². The highest BCUT2D eigenvalue weighted by atomic mass is 35.5. The summed E-state index contributed by atoms with van der Waals surface area (Å²) in [5.41, 5.74) is 5.10. The lowest BCUT2D eigenvalue weighted by atomic mass is 9.91. The zero-order valence-corrected chi connectivity index (χ0v) is 30.1. The van der Waals surface area contributed by atoms with Crippen molar-refractivity contribution in [1.29, 1.82) is 0 Å². The fourth-order valence-corrected chi connectivity index (χ4v) is 10.0. The zero-order valence-electron chi connectivity index (χ0n) is 26.9. The van der Waals surface area contributed by atoms with E-state index in [1.165, 1.54) is 6.42 Å². The molecule has 1 aromatic heterocycles. The molecule has 2 heterocycles. The van der Waals surface area contributed by atoms with Crippen LogP contribution in [-0.4, -0.2) is 44.6 Å². The maximum absolute atomic E-state index is 13.1. The van der Waals surface area contributed by atoms with Gasteiger partial charge in [-0.05, 0) is 84.0 Å². The Kier molecular flexibility index (Phi) is 9.51. The Balaban J connectivity index is 1.16. The smallest absolute Gasteiger partial charge is 0.303 e. The molecular formula is C37H34Cl2N4O5S2. The number of amides is 1. The molecule has 5 aromatic rings. The molecule has 258 valence electrons. The Bertz CT molecular complexity index is 2290. The van der Waals surface area contributed by atoms with E-state index in [0.717, 1.165) is 46.7 Å². The predicted octanol–water partition coefficient (Wildman–Crippen LogP) is 7.64. The first-order valence-electron chi connectivity index (χ1n) is 16.3. The average molecular weight is 750 g/mol. The molecule has 0 bridgehead atoms. The van der Waals surface area contributed by atoms with Gasteiger partial charge in [-0.1, -0.05) is 84.9 Å². The van der Waals surface area contributed by atoms with Crippen LogP contribution < -0.4 is 9.03 Å². The number of carbonyl (C=O) groups is 1. The van der Waals surface area contributed by atoms with Crippen LogP contribution in [0.5, 0.6) is 0 Å². The second-order valence-electron chi connectivity index (χ2n) is 12.8. The van der Waals surface area contributed by atoms with Gasteiger partial charge in [-0.25, -0.2) is 22.4 Å². The maximum atomic E-state index is 13.1. The van der Waals surface area contributed by atoms with Crippen molar-refractivity contribution in [3.63, 3.8) is 0 Å². The number of nitrogens with one attached hydrogen (secondary N) is 1. The molecule has 0 atom stereocenters. The van der Waals surface area contributed by atoms with Gasteiger partial charge in [0.25, 0.3) is 5.91 Å². The van der Waals surface area contributed by atoms with Crippen molar-refractivity contribution in [3.05, 3.63) is 119 Å². The number of anilines is 1. The maximum Gasteiger partial charge on any atom is 0.326 e. The summed E-state index contributed by atoms with van der Waals surface area (Å²) in [5, 5.41) is 0.934. The van der Waals surface area contributed by atoms with Gasteiger partial charge in [0, 0.05) is 28.9 Å². The Labute approximate surface area is 302 Å². The summed E-state index contributed by atoms with van der Waals surface area (Å²) in [4.78, 5) is 17.2. The molecule has 1 aliphatic heterocycles. The molecule has 4 aromatic carbocycles.